The van der Waals surface area contributed by atoms with Gasteiger partial charge >= 0.3 is 5.97 Å². The Balaban J connectivity index is 2.42. The number of nitrogens with one attached hydrogen (secondary N) is 1. The summed E-state index contributed by atoms with van der Waals surface area (Å²) in [4.78, 5) is 12.4. The molecule has 0 atom stereocenters. The van der Waals surface area contributed by atoms with Crippen LogP contribution in [0.15, 0.2) is 24.3 Å². The molecule has 32 heavy (non-hydrogen) atoms. The number of fused-ring (bicyclic) bond motifs is 1. The lowest BCUT2D eigenvalue weighted by Crippen LogP contribution is -2.11. The van der Waals surface area contributed by atoms with E-state index in [1.54, 1.807) is 8.93 Å². The molecule has 0 aliphatic rings. The van der Waals surface area contributed by atoms with Gasteiger partial charge in [-0.2, -0.15) is 0 Å². The molecule has 3 rings (SSSR count). The molecule has 3 aromatic rings. The average Bonchev–Trinajstić information content (AvgIpc) is 3.10. The minimum absolute atomic E-state index is 0.204. The number of aromatic nitrogens is 1. The molecule has 0 fully saturated rings. The number of rotatable bonds is 9. The SMILES string of the molecule is CCn1c(C)cc2c(-c3ccc(C)cc3OCCSI)c(CC(=O)OC)c(C)c(NC)c21. The second kappa shape index (κ2) is 10.8. The number of ether oxygens (including phenoxy) is 2. The fourth-order valence-corrected chi connectivity index (χ4v) is 5.10. The largest absolute Gasteiger partial charge is 0.492 e. The Bertz CT molecular complexity index is 1140. The molecule has 0 spiro atoms. The Kier molecular flexibility index (Phi) is 8.38. The number of carbonyl (C=O) groups excluding carboxylic acids is 1. The zero-order valence-corrected chi connectivity index (χ0v) is 22.6. The summed E-state index contributed by atoms with van der Waals surface area (Å²) in [5.74, 6) is 1.50. The highest BCUT2D eigenvalue weighted by atomic mass is 127. The second-order valence-corrected chi connectivity index (χ2v) is 10.3. The van der Waals surface area contributed by atoms with Gasteiger partial charge in [-0.3, -0.25) is 4.79 Å². The summed E-state index contributed by atoms with van der Waals surface area (Å²) in [6, 6.07) is 8.54. The first-order chi connectivity index (χ1) is 15.4. The van der Waals surface area contributed by atoms with Gasteiger partial charge in [-0.25, -0.2) is 0 Å². The molecule has 2 aromatic carbocycles. The summed E-state index contributed by atoms with van der Waals surface area (Å²) in [6.45, 7) is 9.93. The molecule has 172 valence electrons. The Labute approximate surface area is 206 Å². The van der Waals surface area contributed by atoms with Crippen LogP contribution in [0.2, 0.25) is 0 Å². The first-order valence-corrected chi connectivity index (χ1v) is 14.3. The number of hydrogen-bond acceptors (Lipinski definition) is 5. The third-order valence-corrected chi connectivity index (χ3v) is 7.52. The summed E-state index contributed by atoms with van der Waals surface area (Å²) < 4.78 is 13.6. The molecule has 0 unspecified atom stereocenters. The maximum Gasteiger partial charge on any atom is 0.310 e. The van der Waals surface area contributed by atoms with Crippen LogP contribution < -0.4 is 10.1 Å². The van der Waals surface area contributed by atoms with E-state index in [1.165, 1.54) is 12.8 Å². The number of nitrogens with zero attached hydrogens (tertiary/aromatic N) is 1. The van der Waals surface area contributed by atoms with E-state index in [1.807, 2.05) is 7.05 Å². The van der Waals surface area contributed by atoms with Gasteiger partial charge in [-0.05, 0) is 83.3 Å². The molecular formula is C25H31IN2O3S. The molecular weight excluding hydrogens is 535 g/mol. The smallest absolute Gasteiger partial charge is 0.310 e. The normalized spacial score (nSPS) is 11.1. The lowest BCUT2D eigenvalue weighted by Gasteiger charge is -2.22. The monoisotopic (exact) mass is 566 g/mol. The van der Waals surface area contributed by atoms with Gasteiger partial charge in [0.05, 0.1) is 31.3 Å². The van der Waals surface area contributed by atoms with Crippen LogP contribution in [-0.2, 0) is 22.5 Å². The lowest BCUT2D eigenvalue weighted by atomic mass is 9.88. The predicted molar refractivity (Wildman–Crippen MR) is 144 cm³/mol. The van der Waals surface area contributed by atoms with Crippen molar-refractivity contribution in [3.8, 4) is 16.9 Å². The zero-order chi connectivity index (χ0) is 23.4. The summed E-state index contributed by atoms with van der Waals surface area (Å²) in [5.41, 5.74) is 8.62. The highest BCUT2D eigenvalue weighted by Crippen LogP contribution is 2.45. The Morgan fingerprint density at radius 2 is 1.97 bits per heavy atom. The number of halogens is 1. The van der Waals surface area contributed by atoms with Crippen LogP contribution >= 0.6 is 30.1 Å². The van der Waals surface area contributed by atoms with Gasteiger partial charge in [0.25, 0.3) is 0 Å². The van der Waals surface area contributed by atoms with Crippen molar-refractivity contribution in [3.63, 3.8) is 0 Å². The van der Waals surface area contributed by atoms with Crippen molar-refractivity contribution in [2.24, 2.45) is 0 Å². The van der Waals surface area contributed by atoms with E-state index in [9.17, 15) is 4.79 Å². The van der Waals surface area contributed by atoms with Crippen molar-refractivity contribution in [2.75, 3.05) is 31.8 Å². The third-order valence-electron chi connectivity index (χ3n) is 5.88. The summed E-state index contributed by atoms with van der Waals surface area (Å²) in [7, 11) is 5.11. The number of carbonyl (C=O) groups is 1. The standard InChI is InChI=1S/C25H31IN2O3S/c1-7-28-16(3)13-20-23(18-9-8-15(2)12-21(18)31-10-11-32-26)19(14-22(29)30-6)17(4)24(27-5)25(20)28/h8-9,12-13,27H,7,10-11,14H2,1-6H3. The van der Waals surface area contributed by atoms with Crippen LogP contribution in [0.5, 0.6) is 5.75 Å². The van der Waals surface area contributed by atoms with Gasteiger partial charge in [0.1, 0.15) is 5.75 Å². The van der Waals surface area contributed by atoms with E-state index in [2.05, 4.69) is 83.0 Å². The van der Waals surface area contributed by atoms with E-state index >= 15 is 0 Å². The topological polar surface area (TPSA) is 52.5 Å². The minimum Gasteiger partial charge on any atom is -0.492 e. The summed E-state index contributed by atoms with van der Waals surface area (Å²) in [6.07, 6.45) is 0.204. The fourth-order valence-electron chi connectivity index (χ4n) is 4.41. The summed E-state index contributed by atoms with van der Waals surface area (Å²) in [5, 5.41) is 4.52. The molecule has 0 saturated heterocycles. The molecule has 1 heterocycles. The van der Waals surface area contributed by atoms with Crippen molar-refractivity contribution < 1.29 is 14.3 Å². The fraction of sp³-hybridized carbons (Fsp3) is 0.400. The number of esters is 1. The number of benzene rings is 2. The predicted octanol–water partition coefficient (Wildman–Crippen LogP) is 6.47. The second-order valence-electron chi connectivity index (χ2n) is 7.81. The Morgan fingerprint density at radius 3 is 2.59 bits per heavy atom. The third kappa shape index (κ3) is 4.73. The van der Waals surface area contributed by atoms with Crippen molar-refractivity contribution >= 4 is 52.7 Å². The molecule has 5 nitrogen and oxygen atoms in total. The number of methoxy groups -OCH3 is 1. The number of aryl methyl sites for hydroxylation is 3. The van der Waals surface area contributed by atoms with Gasteiger partial charge in [-0.1, -0.05) is 21.1 Å². The van der Waals surface area contributed by atoms with Gasteiger partial charge in [-0.15, -0.1) is 0 Å². The van der Waals surface area contributed by atoms with Crippen LogP contribution in [0.4, 0.5) is 5.69 Å². The molecule has 0 saturated carbocycles. The van der Waals surface area contributed by atoms with E-state index in [0.29, 0.717) is 6.61 Å². The van der Waals surface area contributed by atoms with Gasteiger partial charge in [0, 0.05) is 36.0 Å². The lowest BCUT2D eigenvalue weighted by molar-refractivity contribution is -0.139. The maximum absolute atomic E-state index is 12.4. The highest BCUT2D eigenvalue weighted by Gasteiger charge is 2.25. The molecule has 1 N–H and O–H groups in total. The van der Waals surface area contributed by atoms with Gasteiger partial charge in [0.2, 0.25) is 0 Å². The average molecular weight is 567 g/mol. The molecule has 7 heteroatoms. The first kappa shape index (κ1) is 24.8. The van der Waals surface area contributed by atoms with Crippen molar-refractivity contribution in [1.29, 1.82) is 0 Å². The molecule has 0 amide bonds. The Morgan fingerprint density at radius 1 is 1.22 bits per heavy atom. The van der Waals surface area contributed by atoms with Crippen molar-refractivity contribution in [1.82, 2.24) is 4.57 Å². The highest BCUT2D eigenvalue weighted by molar-refractivity contribution is 14.2. The molecule has 0 radical (unpaired) electrons. The number of anilines is 1. The van der Waals surface area contributed by atoms with Crippen LogP contribution in [0.25, 0.3) is 22.0 Å². The molecule has 0 aliphatic carbocycles. The van der Waals surface area contributed by atoms with Crippen LogP contribution in [0.3, 0.4) is 0 Å². The van der Waals surface area contributed by atoms with Crippen LogP contribution in [-0.4, -0.2) is 37.1 Å². The van der Waals surface area contributed by atoms with E-state index in [0.717, 1.165) is 62.5 Å². The Hall–Kier alpha value is -1.87. The van der Waals surface area contributed by atoms with E-state index < -0.39 is 0 Å². The molecule has 0 aliphatic heterocycles. The zero-order valence-electron chi connectivity index (χ0n) is 19.6. The van der Waals surface area contributed by atoms with Crippen molar-refractivity contribution in [2.45, 2.75) is 40.7 Å². The quantitative estimate of drug-likeness (QED) is 0.183. The van der Waals surface area contributed by atoms with Crippen LogP contribution in [0.1, 0.15) is 29.3 Å². The molecule has 1 aromatic heterocycles. The minimum atomic E-state index is -0.252. The van der Waals surface area contributed by atoms with E-state index in [-0.39, 0.29) is 12.4 Å². The van der Waals surface area contributed by atoms with Crippen molar-refractivity contribution in [3.05, 3.63) is 46.6 Å². The number of hydrogen-bond donors (Lipinski definition) is 1. The first-order valence-electron chi connectivity index (χ1n) is 10.7. The van der Waals surface area contributed by atoms with Crippen LogP contribution in [0, 0.1) is 20.8 Å². The summed E-state index contributed by atoms with van der Waals surface area (Å²) >= 11 is 2.29. The maximum atomic E-state index is 12.4. The van der Waals surface area contributed by atoms with Gasteiger partial charge < -0.3 is 19.4 Å². The van der Waals surface area contributed by atoms with E-state index in [4.69, 9.17) is 9.47 Å². The molecule has 0 bridgehead atoms. The van der Waals surface area contributed by atoms with Gasteiger partial charge in [0.15, 0.2) is 0 Å².